The average molecular weight is 555 g/mol. The Balaban J connectivity index is 0.00000361. The molecule has 1 atom stereocenters. The fourth-order valence-electron chi connectivity index (χ4n) is 4.34. The van der Waals surface area contributed by atoms with Gasteiger partial charge in [0.2, 0.25) is 10.0 Å². The van der Waals surface area contributed by atoms with Crippen LogP contribution in [0.3, 0.4) is 0 Å². The van der Waals surface area contributed by atoms with Crippen LogP contribution in [0.1, 0.15) is 43.0 Å². The molecule has 196 valence electrons. The highest BCUT2D eigenvalue weighted by molar-refractivity contribution is 7.89. The van der Waals surface area contributed by atoms with E-state index in [2.05, 4.69) is 4.98 Å². The molecule has 0 spiro atoms. The summed E-state index contributed by atoms with van der Waals surface area (Å²) in [5.41, 5.74) is 1.00. The van der Waals surface area contributed by atoms with Crippen LogP contribution in [-0.4, -0.2) is 68.3 Å². The van der Waals surface area contributed by atoms with Crippen molar-refractivity contribution in [1.29, 1.82) is 0 Å². The van der Waals surface area contributed by atoms with Gasteiger partial charge in [-0.25, -0.2) is 17.8 Å². The fraction of sp³-hybridized carbons (Fsp3) is 0.440. The van der Waals surface area contributed by atoms with Gasteiger partial charge in [-0.15, -0.1) is 12.4 Å². The number of thiazole rings is 1. The molecule has 11 heteroatoms. The van der Waals surface area contributed by atoms with Crippen molar-refractivity contribution in [3.05, 3.63) is 53.8 Å². The number of aromatic nitrogens is 1. The van der Waals surface area contributed by atoms with Gasteiger partial charge in [0, 0.05) is 31.2 Å². The van der Waals surface area contributed by atoms with Gasteiger partial charge in [-0.2, -0.15) is 4.31 Å². The maximum Gasteiger partial charge on any atom is 0.260 e. The monoisotopic (exact) mass is 554 g/mol. The average Bonchev–Trinajstić information content (AvgIpc) is 3.26. The second-order valence-electron chi connectivity index (χ2n) is 9.07. The highest BCUT2D eigenvalue weighted by Crippen LogP contribution is 2.31. The largest absolute Gasteiger partial charge is 0.308 e. The van der Waals surface area contributed by atoms with Gasteiger partial charge in [-0.1, -0.05) is 24.7 Å². The standard InChI is InChI=1S/C25H31FN4O3S2.ClH/c1-4-20-7-5-6-14-30(20)35(32,33)21-11-8-18(9-12-21)24(31)29(16-15-28(2)3)25-27-22-13-10-19(26)17-23(22)34-25;/h8-13,17,20H,4-7,14-16H2,1-3H3;1H. The number of nitrogens with zero attached hydrogens (tertiary/aromatic N) is 4. The van der Waals surface area contributed by atoms with Gasteiger partial charge >= 0.3 is 0 Å². The number of anilines is 1. The first-order valence-corrected chi connectivity index (χ1v) is 14.1. The second-order valence-corrected chi connectivity index (χ2v) is 12.0. The first-order valence-electron chi connectivity index (χ1n) is 11.9. The predicted molar refractivity (Wildman–Crippen MR) is 145 cm³/mol. The molecule has 7 nitrogen and oxygen atoms in total. The number of amides is 1. The molecule has 1 saturated heterocycles. The van der Waals surface area contributed by atoms with Crippen LogP contribution in [-0.2, 0) is 10.0 Å². The van der Waals surface area contributed by atoms with E-state index in [1.165, 1.54) is 35.6 Å². The lowest BCUT2D eigenvalue weighted by Crippen LogP contribution is -2.43. The van der Waals surface area contributed by atoms with E-state index in [1.54, 1.807) is 27.4 Å². The zero-order valence-electron chi connectivity index (χ0n) is 20.7. The molecule has 1 aliphatic rings. The molecule has 1 unspecified atom stereocenters. The van der Waals surface area contributed by atoms with E-state index in [4.69, 9.17) is 0 Å². The summed E-state index contributed by atoms with van der Waals surface area (Å²) in [7, 11) is 0.209. The Morgan fingerprint density at radius 1 is 1.14 bits per heavy atom. The number of carbonyl (C=O) groups is 1. The van der Waals surface area contributed by atoms with Crippen LogP contribution in [0.4, 0.5) is 9.52 Å². The third kappa shape index (κ3) is 6.06. The number of piperidine rings is 1. The van der Waals surface area contributed by atoms with E-state index in [1.807, 2.05) is 25.9 Å². The predicted octanol–water partition coefficient (Wildman–Crippen LogP) is 5.02. The maximum atomic E-state index is 13.7. The molecule has 2 aromatic carbocycles. The number of halogens is 2. The molecule has 1 aromatic heterocycles. The molecule has 2 heterocycles. The molecule has 1 aliphatic heterocycles. The van der Waals surface area contributed by atoms with Crippen molar-refractivity contribution >= 4 is 55.0 Å². The van der Waals surface area contributed by atoms with Crippen LogP contribution in [0, 0.1) is 5.82 Å². The normalized spacial score (nSPS) is 16.8. The van der Waals surface area contributed by atoms with Crippen molar-refractivity contribution < 1.29 is 17.6 Å². The maximum absolute atomic E-state index is 13.7. The first-order chi connectivity index (χ1) is 16.7. The molecule has 1 amide bonds. The zero-order chi connectivity index (χ0) is 25.2. The molecule has 0 saturated carbocycles. The number of hydrogen-bond acceptors (Lipinski definition) is 6. The van der Waals surface area contributed by atoms with Crippen molar-refractivity contribution in [2.75, 3.05) is 38.6 Å². The quantitative estimate of drug-likeness (QED) is 0.391. The van der Waals surface area contributed by atoms with E-state index in [9.17, 15) is 17.6 Å². The Kier molecular flexibility index (Phi) is 9.45. The van der Waals surface area contributed by atoms with Crippen LogP contribution < -0.4 is 4.90 Å². The Bertz CT molecular complexity index is 1300. The second kappa shape index (κ2) is 12.0. The zero-order valence-corrected chi connectivity index (χ0v) is 23.1. The summed E-state index contributed by atoms with van der Waals surface area (Å²) in [6.45, 7) is 3.53. The van der Waals surface area contributed by atoms with Crippen molar-refractivity contribution in [2.24, 2.45) is 0 Å². The molecule has 1 fully saturated rings. The van der Waals surface area contributed by atoms with E-state index >= 15 is 0 Å². The van der Waals surface area contributed by atoms with Crippen molar-refractivity contribution in [1.82, 2.24) is 14.2 Å². The van der Waals surface area contributed by atoms with E-state index < -0.39 is 10.0 Å². The van der Waals surface area contributed by atoms with Crippen LogP contribution >= 0.6 is 23.7 Å². The van der Waals surface area contributed by atoms with E-state index in [-0.39, 0.29) is 35.1 Å². The summed E-state index contributed by atoms with van der Waals surface area (Å²) in [4.78, 5) is 21.8. The summed E-state index contributed by atoms with van der Waals surface area (Å²) < 4.78 is 42.5. The number of hydrogen-bond donors (Lipinski definition) is 0. The van der Waals surface area contributed by atoms with Crippen LogP contribution in [0.2, 0.25) is 0 Å². The lowest BCUT2D eigenvalue weighted by atomic mass is 10.0. The number of rotatable bonds is 8. The molecular formula is C25H32ClFN4O3S2. The minimum atomic E-state index is -3.63. The molecule has 0 radical (unpaired) electrons. The third-order valence-electron chi connectivity index (χ3n) is 6.34. The minimum Gasteiger partial charge on any atom is -0.308 e. The van der Waals surface area contributed by atoms with Gasteiger partial charge in [0.25, 0.3) is 5.91 Å². The summed E-state index contributed by atoms with van der Waals surface area (Å²) >= 11 is 1.26. The number of fused-ring (bicyclic) bond motifs is 1. The Morgan fingerprint density at radius 2 is 1.86 bits per heavy atom. The van der Waals surface area contributed by atoms with Crippen molar-refractivity contribution in [2.45, 2.75) is 43.5 Å². The number of likely N-dealkylation sites (N-methyl/N-ethyl adjacent to an activating group) is 1. The number of sulfonamides is 1. The van der Waals surface area contributed by atoms with Crippen molar-refractivity contribution in [3.8, 4) is 0 Å². The molecule has 0 bridgehead atoms. The Labute approximate surface area is 222 Å². The topological polar surface area (TPSA) is 73.8 Å². The lowest BCUT2D eigenvalue weighted by molar-refractivity contribution is 0.0985. The molecule has 3 aromatic rings. The van der Waals surface area contributed by atoms with Crippen LogP contribution in [0.15, 0.2) is 47.4 Å². The van der Waals surface area contributed by atoms with E-state index in [0.717, 1.165) is 25.7 Å². The number of benzene rings is 2. The lowest BCUT2D eigenvalue weighted by Gasteiger charge is -2.34. The molecular weight excluding hydrogens is 523 g/mol. The summed E-state index contributed by atoms with van der Waals surface area (Å²) in [5.74, 6) is -0.630. The molecule has 36 heavy (non-hydrogen) atoms. The number of carbonyl (C=O) groups excluding carboxylic acids is 1. The Hall–Kier alpha value is -2.11. The van der Waals surface area contributed by atoms with Crippen LogP contribution in [0.5, 0.6) is 0 Å². The van der Waals surface area contributed by atoms with Gasteiger partial charge in [0.05, 0.1) is 15.1 Å². The van der Waals surface area contributed by atoms with Gasteiger partial charge in [0.15, 0.2) is 5.13 Å². The van der Waals surface area contributed by atoms with Crippen molar-refractivity contribution in [3.63, 3.8) is 0 Å². The van der Waals surface area contributed by atoms with E-state index in [0.29, 0.717) is 40.5 Å². The fourth-order valence-corrected chi connectivity index (χ4v) is 7.13. The molecule has 0 N–H and O–H groups in total. The van der Waals surface area contributed by atoms with Gasteiger partial charge < -0.3 is 4.90 Å². The highest BCUT2D eigenvalue weighted by atomic mass is 35.5. The minimum absolute atomic E-state index is 0. The van der Waals surface area contributed by atoms with Gasteiger partial charge in [0.1, 0.15) is 5.82 Å². The highest BCUT2D eigenvalue weighted by Gasteiger charge is 2.32. The van der Waals surface area contributed by atoms with Gasteiger partial charge in [-0.3, -0.25) is 9.69 Å². The molecule has 0 aliphatic carbocycles. The SMILES string of the molecule is CCC1CCCCN1S(=O)(=O)c1ccc(C(=O)N(CCN(C)C)c2nc3ccc(F)cc3s2)cc1.Cl. The summed E-state index contributed by atoms with van der Waals surface area (Å²) in [6, 6.07) is 10.5. The smallest absolute Gasteiger partial charge is 0.260 e. The first kappa shape index (κ1) is 28.5. The summed E-state index contributed by atoms with van der Waals surface area (Å²) in [6.07, 6.45) is 3.56. The molecule has 4 rings (SSSR count). The third-order valence-corrected chi connectivity index (χ3v) is 9.35. The Morgan fingerprint density at radius 3 is 2.53 bits per heavy atom. The van der Waals surface area contributed by atoms with Crippen LogP contribution in [0.25, 0.3) is 10.2 Å². The van der Waals surface area contributed by atoms with Gasteiger partial charge in [-0.05, 0) is 75.8 Å². The summed E-state index contributed by atoms with van der Waals surface area (Å²) in [5, 5.41) is 0.480.